The van der Waals surface area contributed by atoms with Crippen LogP contribution in [0.4, 0.5) is 11.6 Å². The first-order valence-corrected chi connectivity index (χ1v) is 8.41. The van der Waals surface area contributed by atoms with E-state index in [-0.39, 0.29) is 5.91 Å². The number of para-hydroxylation sites is 1. The Bertz CT molecular complexity index is 854. The number of aromatic nitrogens is 3. The molecule has 0 fully saturated rings. The highest BCUT2D eigenvalue weighted by Crippen LogP contribution is 2.19. The van der Waals surface area contributed by atoms with Crippen molar-refractivity contribution in [1.29, 1.82) is 0 Å². The van der Waals surface area contributed by atoms with E-state index in [1.807, 2.05) is 54.4 Å². The summed E-state index contributed by atoms with van der Waals surface area (Å²) in [6.45, 7) is 0.608. The molecule has 6 heteroatoms. The lowest BCUT2D eigenvalue weighted by Crippen LogP contribution is -2.30. The largest absolute Gasteiger partial charge is 0.340 e. The smallest absolute Gasteiger partial charge is 0.272 e. The number of benzene rings is 1. The molecule has 0 N–H and O–H groups in total. The maximum Gasteiger partial charge on any atom is 0.272 e. The zero-order chi connectivity index (χ0) is 18.4. The van der Waals surface area contributed by atoms with E-state index in [4.69, 9.17) is 0 Å². The van der Waals surface area contributed by atoms with Crippen molar-refractivity contribution in [2.45, 2.75) is 6.42 Å². The number of hydrogen-bond acceptors (Lipinski definition) is 5. The molecule has 0 aliphatic heterocycles. The van der Waals surface area contributed by atoms with E-state index in [1.165, 1.54) is 0 Å². The summed E-state index contributed by atoms with van der Waals surface area (Å²) in [5.41, 5.74) is 2.49. The van der Waals surface area contributed by atoms with Gasteiger partial charge in [0.25, 0.3) is 5.91 Å². The maximum absolute atomic E-state index is 12.7. The van der Waals surface area contributed by atoms with Gasteiger partial charge >= 0.3 is 0 Å². The molecule has 3 aromatic rings. The zero-order valence-electron chi connectivity index (χ0n) is 14.9. The van der Waals surface area contributed by atoms with Gasteiger partial charge in [0.15, 0.2) is 0 Å². The summed E-state index contributed by atoms with van der Waals surface area (Å²) in [6, 6.07) is 15.4. The van der Waals surface area contributed by atoms with Crippen LogP contribution in [0.15, 0.2) is 67.1 Å². The first-order valence-electron chi connectivity index (χ1n) is 8.41. The monoisotopic (exact) mass is 347 g/mol. The van der Waals surface area contributed by atoms with Crippen molar-refractivity contribution < 1.29 is 4.79 Å². The molecule has 0 spiro atoms. The summed E-state index contributed by atoms with van der Waals surface area (Å²) in [7, 11) is 3.66. The first kappa shape index (κ1) is 17.5. The molecule has 0 radical (unpaired) electrons. The summed E-state index contributed by atoms with van der Waals surface area (Å²) < 4.78 is 0. The van der Waals surface area contributed by atoms with Gasteiger partial charge < -0.3 is 9.80 Å². The Hall–Kier alpha value is -3.28. The molecule has 1 amide bonds. The van der Waals surface area contributed by atoms with E-state index in [0.717, 1.165) is 17.7 Å². The Morgan fingerprint density at radius 3 is 2.42 bits per heavy atom. The average Bonchev–Trinajstić information content (AvgIpc) is 2.72. The van der Waals surface area contributed by atoms with Crippen LogP contribution in [0.1, 0.15) is 16.1 Å². The van der Waals surface area contributed by atoms with E-state index in [1.54, 1.807) is 36.6 Å². The molecule has 1 aromatic carbocycles. The van der Waals surface area contributed by atoms with Gasteiger partial charge in [-0.1, -0.05) is 18.2 Å². The predicted molar refractivity (Wildman–Crippen MR) is 101 cm³/mol. The lowest BCUT2D eigenvalue weighted by Gasteiger charge is -2.19. The van der Waals surface area contributed by atoms with Gasteiger partial charge in [-0.15, -0.1) is 0 Å². The van der Waals surface area contributed by atoms with Crippen LogP contribution in [0.3, 0.4) is 0 Å². The van der Waals surface area contributed by atoms with E-state index in [2.05, 4.69) is 15.0 Å². The molecule has 0 atom stereocenters. The van der Waals surface area contributed by atoms with Crippen molar-refractivity contribution in [3.8, 4) is 0 Å². The van der Waals surface area contributed by atoms with E-state index >= 15 is 0 Å². The molecule has 132 valence electrons. The summed E-state index contributed by atoms with van der Waals surface area (Å²) >= 11 is 0. The van der Waals surface area contributed by atoms with Crippen LogP contribution >= 0.6 is 0 Å². The predicted octanol–water partition coefficient (Wildman–Crippen LogP) is 2.95. The van der Waals surface area contributed by atoms with Crippen LogP contribution in [0, 0.1) is 0 Å². The van der Waals surface area contributed by atoms with Crippen LogP contribution in [0.5, 0.6) is 0 Å². The molecule has 0 unspecified atom stereocenters. The number of pyridine rings is 1. The SMILES string of the molecule is CN(CCc1ccncc1)C(=O)c1ccnc(N(C)c2ccccc2)n1. The molecule has 0 bridgehead atoms. The zero-order valence-corrected chi connectivity index (χ0v) is 14.9. The molecular weight excluding hydrogens is 326 g/mol. The molecule has 2 heterocycles. The van der Waals surface area contributed by atoms with Crippen LogP contribution < -0.4 is 4.90 Å². The third-order valence-electron chi connectivity index (χ3n) is 4.14. The normalized spacial score (nSPS) is 10.4. The fraction of sp³-hybridized carbons (Fsp3) is 0.200. The van der Waals surface area contributed by atoms with Crippen LogP contribution in [-0.4, -0.2) is 46.4 Å². The number of carbonyl (C=O) groups excluding carboxylic acids is 1. The number of amides is 1. The van der Waals surface area contributed by atoms with Crippen molar-refractivity contribution in [1.82, 2.24) is 19.9 Å². The number of hydrogen-bond donors (Lipinski definition) is 0. The van der Waals surface area contributed by atoms with Crippen molar-refractivity contribution in [3.05, 3.63) is 78.4 Å². The Morgan fingerprint density at radius 1 is 0.962 bits per heavy atom. The van der Waals surface area contributed by atoms with Gasteiger partial charge in [0.05, 0.1) is 0 Å². The second kappa shape index (κ2) is 8.20. The van der Waals surface area contributed by atoms with Gasteiger partial charge in [-0.2, -0.15) is 0 Å². The van der Waals surface area contributed by atoms with E-state index in [0.29, 0.717) is 18.2 Å². The summed E-state index contributed by atoms with van der Waals surface area (Å²) in [6.07, 6.45) is 5.90. The standard InChI is InChI=1S/C20H21N5O/c1-24(15-11-16-8-12-21-13-9-16)19(26)18-10-14-22-20(23-18)25(2)17-6-4-3-5-7-17/h3-10,12-14H,11,15H2,1-2H3. The lowest BCUT2D eigenvalue weighted by molar-refractivity contribution is 0.0791. The number of carbonyl (C=O) groups is 1. The number of rotatable bonds is 6. The third kappa shape index (κ3) is 4.22. The average molecular weight is 347 g/mol. The molecule has 26 heavy (non-hydrogen) atoms. The van der Waals surface area contributed by atoms with Crippen molar-refractivity contribution in [2.75, 3.05) is 25.5 Å². The quantitative estimate of drug-likeness (QED) is 0.686. The fourth-order valence-electron chi connectivity index (χ4n) is 2.54. The Balaban J connectivity index is 1.69. The van der Waals surface area contributed by atoms with Crippen molar-refractivity contribution in [3.63, 3.8) is 0 Å². The Kier molecular flexibility index (Phi) is 5.53. The topological polar surface area (TPSA) is 62.2 Å². The van der Waals surface area contributed by atoms with Gasteiger partial charge in [-0.3, -0.25) is 9.78 Å². The van der Waals surface area contributed by atoms with Gasteiger partial charge in [0.2, 0.25) is 5.95 Å². The highest BCUT2D eigenvalue weighted by molar-refractivity contribution is 5.92. The number of anilines is 2. The fourth-order valence-corrected chi connectivity index (χ4v) is 2.54. The van der Waals surface area contributed by atoms with Crippen LogP contribution in [0.2, 0.25) is 0 Å². The highest BCUT2D eigenvalue weighted by atomic mass is 16.2. The van der Waals surface area contributed by atoms with Crippen LogP contribution in [0.25, 0.3) is 0 Å². The molecule has 0 saturated carbocycles. The van der Waals surface area contributed by atoms with Gasteiger partial charge in [-0.05, 0) is 42.3 Å². The highest BCUT2D eigenvalue weighted by Gasteiger charge is 2.15. The number of likely N-dealkylation sites (N-methyl/N-ethyl adjacent to an activating group) is 1. The first-order chi connectivity index (χ1) is 12.6. The molecule has 0 saturated heterocycles. The molecule has 0 aliphatic carbocycles. The molecule has 3 rings (SSSR count). The van der Waals surface area contributed by atoms with Gasteiger partial charge in [0.1, 0.15) is 5.69 Å². The molecule has 2 aromatic heterocycles. The molecule has 0 aliphatic rings. The van der Waals surface area contributed by atoms with Gasteiger partial charge in [-0.25, -0.2) is 9.97 Å². The minimum Gasteiger partial charge on any atom is -0.340 e. The second-order valence-electron chi connectivity index (χ2n) is 5.97. The lowest BCUT2D eigenvalue weighted by atomic mass is 10.2. The molecular formula is C20H21N5O. The number of nitrogens with zero attached hydrogens (tertiary/aromatic N) is 5. The van der Waals surface area contributed by atoms with Crippen molar-refractivity contribution >= 4 is 17.5 Å². The second-order valence-corrected chi connectivity index (χ2v) is 5.97. The minimum atomic E-state index is -0.121. The van der Waals surface area contributed by atoms with E-state index < -0.39 is 0 Å². The molecule has 6 nitrogen and oxygen atoms in total. The minimum absolute atomic E-state index is 0.121. The third-order valence-corrected chi connectivity index (χ3v) is 4.14. The van der Waals surface area contributed by atoms with Crippen LogP contribution in [-0.2, 0) is 6.42 Å². The Morgan fingerprint density at radius 2 is 1.69 bits per heavy atom. The summed E-state index contributed by atoms with van der Waals surface area (Å²) in [5.74, 6) is 0.369. The summed E-state index contributed by atoms with van der Waals surface area (Å²) in [5, 5.41) is 0. The van der Waals surface area contributed by atoms with Gasteiger partial charge in [0, 0.05) is 44.9 Å². The summed E-state index contributed by atoms with van der Waals surface area (Å²) in [4.78, 5) is 28.9. The Labute approximate surface area is 153 Å². The van der Waals surface area contributed by atoms with Crippen molar-refractivity contribution in [2.24, 2.45) is 0 Å². The van der Waals surface area contributed by atoms with E-state index in [9.17, 15) is 4.79 Å². The maximum atomic E-state index is 12.7.